The third-order valence-corrected chi connectivity index (χ3v) is 6.40. The first-order chi connectivity index (χ1) is 16.3. The van der Waals surface area contributed by atoms with E-state index in [1.165, 1.54) is 0 Å². The van der Waals surface area contributed by atoms with Gasteiger partial charge in [0.15, 0.2) is 5.82 Å². The zero-order valence-corrected chi connectivity index (χ0v) is 24.8. The molecule has 0 saturated heterocycles. The van der Waals surface area contributed by atoms with Crippen molar-refractivity contribution < 1.29 is 19.2 Å². The molecule has 2 atom stereocenters. The Hall–Kier alpha value is -1.62. The normalized spacial score (nSPS) is 17.0. The molecule has 11 heteroatoms. The van der Waals surface area contributed by atoms with Crippen molar-refractivity contribution in [1.29, 1.82) is 0 Å². The van der Waals surface area contributed by atoms with E-state index in [0.717, 1.165) is 5.56 Å². The topological polar surface area (TPSA) is 109 Å². The molecule has 2 unspecified atom stereocenters. The molecule has 1 aliphatic rings. The molecule has 0 saturated carbocycles. The molecule has 2 rings (SSSR count). The Morgan fingerprint density at radius 3 is 2.63 bits per heavy atom. The van der Waals surface area contributed by atoms with Crippen LogP contribution in [0, 0.1) is 0 Å². The summed E-state index contributed by atoms with van der Waals surface area (Å²) in [4.78, 5) is 28.1. The molecule has 1 aromatic rings. The van der Waals surface area contributed by atoms with Gasteiger partial charge < -0.3 is 24.6 Å². The standard InChI is InChI=1S/C24H37IN5O4P/c1-9-15(33-14-24(5,6)34-35-25)12-17(26-7)21-27-20-16(10-11-18(20)31)22(28-21)30(8)13-19(32)29-23(2,3)4/h9,12,18,31,35H,1,10-11,13-14H2,2-8H3,(H,29,32)/b15-12+,26-17?. The van der Waals surface area contributed by atoms with Gasteiger partial charge in [-0.05, 0) is 75.6 Å². The van der Waals surface area contributed by atoms with Gasteiger partial charge in [0.1, 0.15) is 29.5 Å². The summed E-state index contributed by atoms with van der Waals surface area (Å²) in [5, 5.41) is 13.5. The minimum atomic E-state index is -0.688. The smallest absolute Gasteiger partial charge is 0.239 e. The predicted molar refractivity (Wildman–Crippen MR) is 151 cm³/mol. The Kier molecular flexibility index (Phi) is 10.6. The number of aliphatic hydroxyl groups is 1. The maximum absolute atomic E-state index is 12.5. The fourth-order valence-electron chi connectivity index (χ4n) is 3.51. The number of rotatable bonds is 11. The Labute approximate surface area is 223 Å². The van der Waals surface area contributed by atoms with Gasteiger partial charge >= 0.3 is 0 Å². The zero-order chi connectivity index (χ0) is 26.4. The number of hydrogen-bond donors (Lipinski definition) is 2. The van der Waals surface area contributed by atoms with Crippen molar-refractivity contribution in [2.75, 3.05) is 32.1 Å². The average Bonchev–Trinajstić information content (AvgIpc) is 3.12. The van der Waals surface area contributed by atoms with Crippen molar-refractivity contribution in [2.24, 2.45) is 4.99 Å². The number of anilines is 1. The maximum atomic E-state index is 12.5. The number of halogens is 1. The third-order valence-electron chi connectivity index (χ3n) is 5.11. The quantitative estimate of drug-likeness (QED) is 0.127. The Morgan fingerprint density at radius 1 is 1.37 bits per heavy atom. The molecular formula is C24H37IN5O4P. The van der Waals surface area contributed by atoms with Gasteiger partial charge in [-0.3, -0.25) is 9.79 Å². The van der Waals surface area contributed by atoms with Gasteiger partial charge in [-0.25, -0.2) is 9.97 Å². The summed E-state index contributed by atoms with van der Waals surface area (Å²) in [5.74, 6) is 1.34. The lowest BCUT2D eigenvalue weighted by molar-refractivity contribution is -0.121. The van der Waals surface area contributed by atoms with Gasteiger partial charge in [-0.2, -0.15) is 0 Å². The summed E-state index contributed by atoms with van der Waals surface area (Å²) in [6.45, 7) is 14.3. The minimum absolute atomic E-state index is 0.115. The number of fused-ring (bicyclic) bond motifs is 1. The number of carbonyl (C=O) groups excluding carboxylic acids is 1. The van der Waals surface area contributed by atoms with E-state index in [2.05, 4.69) is 43.9 Å². The van der Waals surface area contributed by atoms with Crippen molar-refractivity contribution in [3.63, 3.8) is 0 Å². The van der Waals surface area contributed by atoms with Crippen molar-refractivity contribution in [3.05, 3.63) is 41.6 Å². The van der Waals surface area contributed by atoms with E-state index in [9.17, 15) is 9.90 Å². The number of allylic oxidation sites excluding steroid dienone is 2. The van der Waals surface area contributed by atoms with Crippen LogP contribution in [-0.4, -0.2) is 65.1 Å². The first-order valence-corrected chi connectivity index (χ1v) is 15.4. The lowest BCUT2D eigenvalue weighted by atomic mass is 10.1. The van der Waals surface area contributed by atoms with Gasteiger partial charge in [0.05, 0.1) is 24.8 Å². The number of amides is 1. The van der Waals surface area contributed by atoms with Crippen LogP contribution in [0.4, 0.5) is 5.82 Å². The number of likely N-dealkylation sites (N-methyl/N-ethyl adjacent to an activating group) is 1. The van der Waals surface area contributed by atoms with Crippen LogP contribution in [0.3, 0.4) is 0 Å². The molecule has 0 spiro atoms. The zero-order valence-electron chi connectivity index (χ0n) is 21.6. The van der Waals surface area contributed by atoms with E-state index >= 15 is 0 Å². The van der Waals surface area contributed by atoms with Crippen LogP contribution in [-0.2, 0) is 20.5 Å². The highest BCUT2D eigenvalue weighted by atomic mass is 127. The summed E-state index contributed by atoms with van der Waals surface area (Å²) in [5.41, 5.74) is 1.11. The molecule has 0 radical (unpaired) electrons. The van der Waals surface area contributed by atoms with Crippen LogP contribution >= 0.6 is 28.5 Å². The number of ether oxygens (including phenoxy) is 1. The number of nitrogens with one attached hydrogen (secondary N) is 1. The average molecular weight is 617 g/mol. The van der Waals surface area contributed by atoms with E-state index in [4.69, 9.17) is 14.2 Å². The summed E-state index contributed by atoms with van der Waals surface area (Å²) >= 11 is 2.18. The number of carbonyl (C=O) groups is 1. The molecule has 1 aromatic heterocycles. The van der Waals surface area contributed by atoms with Gasteiger partial charge in [-0.15, -0.1) is 0 Å². The second kappa shape index (κ2) is 12.6. The van der Waals surface area contributed by atoms with Crippen molar-refractivity contribution in [2.45, 2.75) is 64.7 Å². The third kappa shape index (κ3) is 8.77. The number of nitrogens with zero attached hydrogens (tertiary/aromatic N) is 4. The predicted octanol–water partition coefficient (Wildman–Crippen LogP) is 4.05. The number of hydrogen-bond acceptors (Lipinski definition) is 8. The molecule has 2 N–H and O–H groups in total. The molecule has 0 aromatic carbocycles. The second-order valence-electron chi connectivity index (χ2n) is 10.0. The van der Waals surface area contributed by atoms with E-state index in [-0.39, 0.29) is 18.0 Å². The Bertz CT molecular complexity index is 991. The van der Waals surface area contributed by atoms with Crippen LogP contribution < -0.4 is 10.2 Å². The monoisotopic (exact) mass is 617 g/mol. The fourth-order valence-corrected chi connectivity index (χ4v) is 5.57. The largest absolute Gasteiger partial charge is 0.491 e. The lowest BCUT2D eigenvalue weighted by Gasteiger charge is -2.25. The molecule has 9 nitrogen and oxygen atoms in total. The Morgan fingerprint density at radius 2 is 2.06 bits per heavy atom. The summed E-state index contributed by atoms with van der Waals surface area (Å²) in [7, 11) is 3.45. The van der Waals surface area contributed by atoms with Gasteiger partial charge in [0, 0.05) is 31.3 Å². The first-order valence-electron chi connectivity index (χ1n) is 11.4. The lowest BCUT2D eigenvalue weighted by Crippen LogP contribution is -2.45. The molecule has 1 amide bonds. The molecule has 0 fully saturated rings. The van der Waals surface area contributed by atoms with Crippen molar-refractivity contribution >= 4 is 45.9 Å². The summed E-state index contributed by atoms with van der Waals surface area (Å²) in [6, 6.07) is 0. The molecule has 0 bridgehead atoms. The van der Waals surface area contributed by atoms with Gasteiger partial charge in [0.2, 0.25) is 5.91 Å². The van der Waals surface area contributed by atoms with Gasteiger partial charge in [-0.1, -0.05) is 6.58 Å². The fraction of sp³-hybridized carbons (Fsp3) is 0.583. The number of aliphatic imine (C=N–C) groups is 1. The summed E-state index contributed by atoms with van der Waals surface area (Å²) < 4.78 is 11.6. The van der Waals surface area contributed by atoms with Crippen LogP contribution in [0.15, 0.2) is 29.5 Å². The van der Waals surface area contributed by atoms with Crippen molar-refractivity contribution in [1.82, 2.24) is 15.3 Å². The van der Waals surface area contributed by atoms with E-state index in [1.54, 1.807) is 24.1 Å². The first kappa shape index (κ1) is 29.6. The molecule has 0 aliphatic heterocycles. The molecule has 1 heterocycles. The molecular weight excluding hydrogens is 580 g/mol. The highest BCUT2D eigenvalue weighted by Gasteiger charge is 2.29. The highest BCUT2D eigenvalue weighted by molar-refractivity contribution is 14.2. The van der Waals surface area contributed by atoms with E-state index in [1.807, 2.05) is 41.7 Å². The SMILES string of the molecule is C=C/C(=C\C(=NC)c1nc2c(c(N(C)CC(=O)NC(C)(C)C)n1)CCC2O)OCC(C)(C)OPI. The minimum Gasteiger partial charge on any atom is -0.491 e. The van der Waals surface area contributed by atoms with Crippen LogP contribution in [0.5, 0.6) is 0 Å². The highest BCUT2D eigenvalue weighted by Crippen LogP contribution is 2.35. The van der Waals surface area contributed by atoms with Gasteiger partial charge in [0.25, 0.3) is 0 Å². The van der Waals surface area contributed by atoms with E-state index in [0.29, 0.717) is 54.7 Å². The summed E-state index contributed by atoms with van der Waals surface area (Å²) in [6.07, 6.45) is 3.82. The molecule has 35 heavy (non-hydrogen) atoms. The second-order valence-corrected chi connectivity index (χ2v) is 11.7. The van der Waals surface area contributed by atoms with Crippen LogP contribution in [0.1, 0.15) is 64.2 Å². The Balaban J connectivity index is 2.38. The van der Waals surface area contributed by atoms with E-state index < -0.39 is 11.7 Å². The number of aliphatic hydroxyl groups excluding tert-OH is 1. The van der Waals surface area contributed by atoms with Crippen LogP contribution in [0.25, 0.3) is 0 Å². The maximum Gasteiger partial charge on any atom is 0.239 e. The van der Waals surface area contributed by atoms with Crippen LogP contribution in [0.2, 0.25) is 0 Å². The molecule has 1 aliphatic carbocycles. The molecule has 194 valence electrons. The van der Waals surface area contributed by atoms with Crippen molar-refractivity contribution in [3.8, 4) is 0 Å². The number of aromatic nitrogens is 2.